The van der Waals surface area contributed by atoms with Crippen molar-refractivity contribution in [2.24, 2.45) is 5.73 Å². The molecule has 0 saturated carbocycles. The van der Waals surface area contributed by atoms with E-state index < -0.39 is 5.54 Å². The fourth-order valence-corrected chi connectivity index (χ4v) is 2.51. The van der Waals surface area contributed by atoms with Crippen LogP contribution in [0.3, 0.4) is 0 Å². The van der Waals surface area contributed by atoms with Crippen LogP contribution in [0.1, 0.15) is 40.3 Å². The SMILES string of the molecule is Cc1cc(C)cc(C(C)(N)c2ccc(C)c(C)c2)c1. The number of hydrogen-bond acceptors (Lipinski definition) is 1. The van der Waals surface area contributed by atoms with Gasteiger partial charge in [0, 0.05) is 0 Å². The molecule has 1 unspecified atom stereocenters. The molecular formula is C18H23N. The molecular weight excluding hydrogens is 230 g/mol. The van der Waals surface area contributed by atoms with Gasteiger partial charge in [0.05, 0.1) is 5.54 Å². The quantitative estimate of drug-likeness (QED) is 0.855. The van der Waals surface area contributed by atoms with E-state index in [4.69, 9.17) is 5.73 Å². The van der Waals surface area contributed by atoms with Crippen LogP contribution >= 0.6 is 0 Å². The van der Waals surface area contributed by atoms with Gasteiger partial charge in [0.2, 0.25) is 0 Å². The Morgan fingerprint density at radius 3 is 1.84 bits per heavy atom. The van der Waals surface area contributed by atoms with Crippen molar-refractivity contribution in [3.8, 4) is 0 Å². The third kappa shape index (κ3) is 2.71. The highest BCUT2D eigenvalue weighted by molar-refractivity contribution is 5.43. The molecule has 0 heterocycles. The van der Waals surface area contributed by atoms with Crippen molar-refractivity contribution in [1.29, 1.82) is 0 Å². The van der Waals surface area contributed by atoms with Crippen molar-refractivity contribution in [1.82, 2.24) is 0 Å². The molecule has 2 aromatic rings. The van der Waals surface area contributed by atoms with E-state index in [9.17, 15) is 0 Å². The lowest BCUT2D eigenvalue weighted by Crippen LogP contribution is -2.34. The minimum atomic E-state index is -0.449. The molecule has 1 nitrogen and oxygen atoms in total. The van der Waals surface area contributed by atoms with Crippen LogP contribution in [0.5, 0.6) is 0 Å². The zero-order valence-electron chi connectivity index (χ0n) is 12.5. The Morgan fingerprint density at radius 1 is 0.737 bits per heavy atom. The van der Waals surface area contributed by atoms with E-state index in [1.165, 1.54) is 33.4 Å². The maximum atomic E-state index is 6.62. The van der Waals surface area contributed by atoms with Gasteiger partial charge in [-0.3, -0.25) is 0 Å². The van der Waals surface area contributed by atoms with Crippen LogP contribution in [0.25, 0.3) is 0 Å². The van der Waals surface area contributed by atoms with Crippen molar-refractivity contribution in [2.75, 3.05) is 0 Å². The lowest BCUT2D eigenvalue weighted by molar-refractivity contribution is 0.601. The van der Waals surface area contributed by atoms with E-state index in [0.29, 0.717) is 0 Å². The minimum absolute atomic E-state index is 0.449. The molecule has 0 aliphatic carbocycles. The van der Waals surface area contributed by atoms with Gasteiger partial charge in [-0.15, -0.1) is 0 Å². The summed E-state index contributed by atoms with van der Waals surface area (Å²) in [5, 5.41) is 0. The van der Waals surface area contributed by atoms with E-state index in [1.807, 2.05) is 0 Å². The van der Waals surface area contributed by atoms with Gasteiger partial charge in [-0.2, -0.15) is 0 Å². The summed E-state index contributed by atoms with van der Waals surface area (Å²) >= 11 is 0. The number of aryl methyl sites for hydroxylation is 4. The first-order chi connectivity index (χ1) is 8.80. The Balaban J connectivity index is 2.54. The topological polar surface area (TPSA) is 26.0 Å². The summed E-state index contributed by atoms with van der Waals surface area (Å²) in [5.41, 5.74) is 13.6. The molecule has 2 rings (SSSR count). The smallest absolute Gasteiger partial charge is 0.0637 e. The zero-order valence-corrected chi connectivity index (χ0v) is 12.5. The predicted octanol–water partition coefficient (Wildman–Crippen LogP) is 4.14. The number of benzene rings is 2. The first-order valence-corrected chi connectivity index (χ1v) is 6.76. The van der Waals surface area contributed by atoms with Crippen LogP contribution in [-0.2, 0) is 5.54 Å². The van der Waals surface area contributed by atoms with Gasteiger partial charge in [-0.25, -0.2) is 0 Å². The van der Waals surface area contributed by atoms with Crippen LogP contribution in [0.15, 0.2) is 36.4 Å². The maximum Gasteiger partial charge on any atom is 0.0637 e. The Bertz CT molecular complexity index is 589. The minimum Gasteiger partial charge on any atom is -0.318 e. The standard InChI is InChI=1S/C18H23N/c1-12-8-13(2)10-17(9-12)18(5,19)16-7-6-14(3)15(4)11-16/h6-11H,19H2,1-5H3. The number of hydrogen-bond donors (Lipinski definition) is 1. The van der Waals surface area contributed by atoms with E-state index in [1.54, 1.807) is 0 Å². The summed E-state index contributed by atoms with van der Waals surface area (Å²) in [6, 6.07) is 13.0. The van der Waals surface area contributed by atoms with Gasteiger partial charge in [-0.1, -0.05) is 47.5 Å². The summed E-state index contributed by atoms with van der Waals surface area (Å²) in [4.78, 5) is 0. The average Bonchev–Trinajstić information content (AvgIpc) is 2.31. The second-order valence-corrected chi connectivity index (χ2v) is 5.88. The molecule has 100 valence electrons. The Hall–Kier alpha value is -1.60. The molecule has 0 saturated heterocycles. The fraction of sp³-hybridized carbons (Fsp3) is 0.333. The van der Waals surface area contributed by atoms with Crippen LogP contribution in [0.4, 0.5) is 0 Å². The lowest BCUT2D eigenvalue weighted by atomic mass is 9.83. The van der Waals surface area contributed by atoms with Gasteiger partial charge in [0.15, 0.2) is 0 Å². The second kappa shape index (κ2) is 4.82. The largest absolute Gasteiger partial charge is 0.318 e. The Morgan fingerprint density at radius 2 is 1.32 bits per heavy atom. The summed E-state index contributed by atoms with van der Waals surface area (Å²) < 4.78 is 0. The highest BCUT2D eigenvalue weighted by Crippen LogP contribution is 2.29. The van der Waals surface area contributed by atoms with Crippen LogP contribution in [0.2, 0.25) is 0 Å². The monoisotopic (exact) mass is 253 g/mol. The van der Waals surface area contributed by atoms with Gasteiger partial charge in [0.1, 0.15) is 0 Å². The summed E-state index contributed by atoms with van der Waals surface area (Å²) in [6.07, 6.45) is 0. The average molecular weight is 253 g/mol. The molecule has 1 atom stereocenters. The normalized spacial score (nSPS) is 14.2. The summed E-state index contributed by atoms with van der Waals surface area (Å²) in [6.45, 7) is 10.6. The predicted molar refractivity (Wildman–Crippen MR) is 82.5 cm³/mol. The number of nitrogens with two attached hydrogens (primary N) is 1. The van der Waals surface area contributed by atoms with Crippen molar-refractivity contribution in [3.05, 3.63) is 69.8 Å². The first-order valence-electron chi connectivity index (χ1n) is 6.76. The lowest BCUT2D eigenvalue weighted by Gasteiger charge is -2.27. The van der Waals surface area contributed by atoms with Gasteiger partial charge in [0.25, 0.3) is 0 Å². The molecule has 0 radical (unpaired) electrons. The zero-order chi connectivity index (χ0) is 14.2. The molecule has 0 spiro atoms. The summed E-state index contributed by atoms with van der Waals surface area (Å²) in [5.74, 6) is 0. The van der Waals surface area contributed by atoms with Crippen molar-refractivity contribution < 1.29 is 0 Å². The van der Waals surface area contributed by atoms with Crippen LogP contribution < -0.4 is 5.73 Å². The molecule has 0 fully saturated rings. The van der Waals surface area contributed by atoms with Crippen LogP contribution in [0, 0.1) is 27.7 Å². The molecule has 19 heavy (non-hydrogen) atoms. The number of rotatable bonds is 2. The molecule has 0 amide bonds. The molecule has 0 aliphatic heterocycles. The molecule has 0 aromatic heterocycles. The third-order valence-electron chi connectivity index (χ3n) is 3.93. The molecule has 2 N–H and O–H groups in total. The third-order valence-corrected chi connectivity index (χ3v) is 3.93. The highest BCUT2D eigenvalue weighted by atomic mass is 14.7. The second-order valence-electron chi connectivity index (χ2n) is 5.88. The van der Waals surface area contributed by atoms with E-state index in [-0.39, 0.29) is 0 Å². The van der Waals surface area contributed by atoms with Crippen LogP contribution in [-0.4, -0.2) is 0 Å². The first kappa shape index (κ1) is 13.8. The van der Waals surface area contributed by atoms with Gasteiger partial charge < -0.3 is 5.73 Å². The van der Waals surface area contributed by atoms with Gasteiger partial charge in [-0.05, 0) is 56.9 Å². The molecule has 1 heteroatoms. The van der Waals surface area contributed by atoms with Gasteiger partial charge >= 0.3 is 0 Å². The van der Waals surface area contributed by atoms with Crippen molar-refractivity contribution in [3.63, 3.8) is 0 Å². The van der Waals surface area contributed by atoms with E-state index in [0.717, 1.165) is 0 Å². The highest BCUT2D eigenvalue weighted by Gasteiger charge is 2.24. The molecule has 2 aromatic carbocycles. The maximum absolute atomic E-state index is 6.62. The van der Waals surface area contributed by atoms with E-state index in [2.05, 4.69) is 71.0 Å². The molecule has 0 bridgehead atoms. The summed E-state index contributed by atoms with van der Waals surface area (Å²) in [7, 11) is 0. The van der Waals surface area contributed by atoms with Crippen molar-refractivity contribution >= 4 is 0 Å². The fourth-order valence-electron chi connectivity index (χ4n) is 2.51. The Kier molecular flexibility index (Phi) is 3.51. The molecule has 0 aliphatic rings. The van der Waals surface area contributed by atoms with Crippen molar-refractivity contribution in [2.45, 2.75) is 40.2 Å². The Labute approximate surface area is 116 Å². The van der Waals surface area contributed by atoms with E-state index >= 15 is 0 Å².